The molecule has 1 amide bonds. The lowest BCUT2D eigenvalue weighted by Gasteiger charge is -2.14. The third-order valence-electron chi connectivity index (χ3n) is 3.18. The highest BCUT2D eigenvalue weighted by Gasteiger charge is 2.21. The Morgan fingerprint density at radius 1 is 1.19 bits per heavy atom. The summed E-state index contributed by atoms with van der Waals surface area (Å²) >= 11 is 0. The van der Waals surface area contributed by atoms with Crippen LogP contribution in [0.1, 0.15) is 16.8 Å². The molecule has 0 radical (unpaired) electrons. The van der Waals surface area contributed by atoms with E-state index in [0.29, 0.717) is 0 Å². The first-order valence-corrected chi connectivity index (χ1v) is 6.45. The summed E-state index contributed by atoms with van der Waals surface area (Å²) in [5, 5.41) is 21.9. The SMILES string of the molecule is Nc1cc2ccccc2cc1C(=O)N[C@H](CCO)C(=O)O. The van der Waals surface area contributed by atoms with Gasteiger partial charge in [-0.2, -0.15) is 0 Å². The minimum atomic E-state index is -1.20. The molecule has 5 N–H and O–H groups in total. The van der Waals surface area contributed by atoms with Gasteiger partial charge in [-0.25, -0.2) is 4.79 Å². The molecular weight excluding hydrogens is 272 g/mol. The lowest BCUT2D eigenvalue weighted by atomic mass is 10.0. The molecule has 2 aromatic rings. The fourth-order valence-electron chi connectivity index (χ4n) is 2.08. The van der Waals surface area contributed by atoms with E-state index in [1.165, 1.54) is 0 Å². The normalized spacial score (nSPS) is 12.0. The van der Waals surface area contributed by atoms with Crippen molar-refractivity contribution in [1.29, 1.82) is 0 Å². The Bertz CT molecular complexity index is 684. The Morgan fingerprint density at radius 2 is 1.81 bits per heavy atom. The van der Waals surface area contributed by atoms with Crippen molar-refractivity contribution in [2.45, 2.75) is 12.5 Å². The zero-order valence-electron chi connectivity index (χ0n) is 11.2. The van der Waals surface area contributed by atoms with E-state index in [2.05, 4.69) is 5.32 Å². The number of anilines is 1. The number of hydrogen-bond donors (Lipinski definition) is 4. The molecule has 110 valence electrons. The number of aliphatic carboxylic acids is 1. The van der Waals surface area contributed by atoms with E-state index < -0.39 is 17.9 Å². The molecule has 2 aromatic carbocycles. The van der Waals surface area contributed by atoms with E-state index in [1.54, 1.807) is 12.1 Å². The van der Waals surface area contributed by atoms with Crippen molar-refractivity contribution < 1.29 is 19.8 Å². The van der Waals surface area contributed by atoms with Crippen molar-refractivity contribution in [1.82, 2.24) is 5.32 Å². The Morgan fingerprint density at radius 3 is 2.38 bits per heavy atom. The third-order valence-corrected chi connectivity index (χ3v) is 3.18. The zero-order valence-corrected chi connectivity index (χ0v) is 11.2. The number of amides is 1. The van der Waals surface area contributed by atoms with Gasteiger partial charge in [-0.05, 0) is 22.9 Å². The quantitative estimate of drug-likeness (QED) is 0.613. The topological polar surface area (TPSA) is 113 Å². The van der Waals surface area contributed by atoms with E-state index in [-0.39, 0.29) is 24.3 Å². The maximum Gasteiger partial charge on any atom is 0.326 e. The number of aliphatic hydroxyl groups excluding tert-OH is 1. The van der Waals surface area contributed by atoms with Crippen LogP contribution in [0.3, 0.4) is 0 Å². The predicted octanol–water partition coefficient (Wildman–Crippen LogP) is 0.987. The van der Waals surface area contributed by atoms with Gasteiger partial charge in [0.05, 0.1) is 5.56 Å². The van der Waals surface area contributed by atoms with E-state index in [1.807, 2.05) is 24.3 Å². The van der Waals surface area contributed by atoms with Gasteiger partial charge in [0, 0.05) is 18.7 Å². The number of carbonyl (C=O) groups is 2. The highest BCUT2D eigenvalue weighted by molar-refractivity contribution is 6.05. The molecule has 0 bridgehead atoms. The Kier molecular flexibility index (Phi) is 4.39. The first kappa shape index (κ1) is 14.8. The van der Waals surface area contributed by atoms with Gasteiger partial charge in [0.15, 0.2) is 0 Å². The van der Waals surface area contributed by atoms with Crippen LogP contribution in [0.15, 0.2) is 36.4 Å². The number of carbonyl (C=O) groups excluding carboxylic acids is 1. The zero-order chi connectivity index (χ0) is 15.4. The second kappa shape index (κ2) is 6.23. The average molecular weight is 288 g/mol. The molecule has 0 saturated carbocycles. The van der Waals surface area contributed by atoms with E-state index >= 15 is 0 Å². The van der Waals surface area contributed by atoms with Gasteiger partial charge >= 0.3 is 5.97 Å². The van der Waals surface area contributed by atoms with Crippen LogP contribution in [-0.4, -0.2) is 34.7 Å². The van der Waals surface area contributed by atoms with Crippen LogP contribution in [0, 0.1) is 0 Å². The summed E-state index contributed by atoms with van der Waals surface area (Å²) in [6.45, 7) is -0.329. The van der Waals surface area contributed by atoms with Crippen LogP contribution in [0.5, 0.6) is 0 Å². The van der Waals surface area contributed by atoms with Crippen LogP contribution in [0.4, 0.5) is 5.69 Å². The molecule has 6 heteroatoms. The summed E-state index contributed by atoms with van der Waals surface area (Å²) < 4.78 is 0. The molecule has 0 saturated heterocycles. The van der Waals surface area contributed by atoms with Crippen LogP contribution in [0.25, 0.3) is 10.8 Å². The van der Waals surface area contributed by atoms with Gasteiger partial charge in [0.2, 0.25) is 0 Å². The molecule has 0 spiro atoms. The van der Waals surface area contributed by atoms with Crippen LogP contribution in [0.2, 0.25) is 0 Å². The maximum absolute atomic E-state index is 12.2. The predicted molar refractivity (Wildman–Crippen MR) is 79.0 cm³/mol. The minimum Gasteiger partial charge on any atom is -0.480 e. The first-order valence-electron chi connectivity index (χ1n) is 6.45. The molecule has 6 nitrogen and oxygen atoms in total. The lowest BCUT2D eigenvalue weighted by molar-refractivity contribution is -0.139. The molecule has 0 aliphatic heterocycles. The minimum absolute atomic E-state index is 0.0610. The summed E-state index contributed by atoms with van der Waals surface area (Å²) in [5.74, 6) is -1.77. The summed E-state index contributed by atoms with van der Waals surface area (Å²) in [7, 11) is 0. The van der Waals surface area contributed by atoms with Crippen molar-refractivity contribution in [3.8, 4) is 0 Å². The van der Waals surface area contributed by atoms with Crippen molar-refractivity contribution in [2.75, 3.05) is 12.3 Å². The maximum atomic E-state index is 12.2. The van der Waals surface area contributed by atoms with Crippen molar-refractivity contribution in [2.24, 2.45) is 0 Å². The smallest absolute Gasteiger partial charge is 0.326 e. The standard InChI is InChI=1S/C15H16N2O4/c16-12-8-10-4-2-1-3-9(10)7-11(12)14(19)17-13(5-6-18)15(20)21/h1-4,7-8,13,18H,5-6,16H2,(H,17,19)(H,20,21)/t13-/m1/s1. The summed E-state index contributed by atoms with van der Waals surface area (Å²) in [6.07, 6.45) is -0.0610. The number of benzene rings is 2. The average Bonchev–Trinajstić information content (AvgIpc) is 2.45. The number of aliphatic hydroxyl groups is 1. The van der Waals surface area contributed by atoms with Crippen molar-refractivity contribution >= 4 is 28.3 Å². The van der Waals surface area contributed by atoms with Gasteiger partial charge in [0.1, 0.15) is 6.04 Å². The van der Waals surface area contributed by atoms with Gasteiger partial charge in [-0.3, -0.25) is 4.79 Å². The van der Waals surface area contributed by atoms with Crippen molar-refractivity contribution in [3.05, 3.63) is 42.0 Å². The van der Waals surface area contributed by atoms with Crippen LogP contribution >= 0.6 is 0 Å². The molecule has 21 heavy (non-hydrogen) atoms. The second-order valence-corrected chi connectivity index (χ2v) is 4.66. The summed E-state index contributed by atoms with van der Waals surface area (Å²) in [4.78, 5) is 23.2. The monoisotopic (exact) mass is 288 g/mol. The van der Waals surface area contributed by atoms with E-state index in [4.69, 9.17) is 15.9 Å². The Balaban J connectivity index is 2.30. The largest absolute Gasteiger partial charge is 0.480 e. The van der Waals surface area contributed by atoms with E-state index in [9.17, 15) is 9.59 Å². The summed E-state index contributed by atoms with van der Waals surface area (Å²) in [5.41, 5.74) is 6.35. The number of nitrogens with one attached hydrogen (secondary N) is 1. The van der Waals surface area contributed by atoms with Gasteiger partial charge in [0.25, 0.3) is 5.91 Å². The van der Waals surface area contributed by atoms with E-state index in [0.717, 1.165) is 10.8 Å². The first-order chi connectivity index (χ1) is 10.0. The molecule has 1 atom stereocenters. The number of nitrogen functional groups attached to an aromatic ring is 1. The molecule has 0 aliphatic rings. The summed E-state index contributed by atoms with van der Waals surface area (Å²) in [6, 6.07) is 9.57. The number of nitrogens with two attached hydrogens (primary N) is 1. The van der Waals surface area contributed by atoms with Crippen LogP contribution in [-0.2, 0) is 4.79 Å². The fraction of sp³-hybridized carbons (Fsp3) is 0.200. The third kappa shape index (κ3) is 3.29. The van der Waals surface area contributed by atoms with Crippen molar-refractivity contribution in [3.63, 3.8) is 0 Å². The second-order valence-electron chi connectivity index (χ2n) is 4.66. The molecule has 0 aliphatic carbocycles. The molecule has 0 fully saturated rings. The molecule has 0 unspecified atom stereocenters. The van der Waals surface area contributed by atoms with Gasteiger partial charge < -0.3 is 21.3 Å². The lowest BCUT2D eigenvalue weighted by Crippen LogP contribution is -2.41. The highest BCUT2D eigenvalue weighted by atomic mass is 16.4. The molecule has 2 rings (SSSR count). The highest BCUT2D eigenvalue weighted by Crippen LogP contribution is 2.22. The van der Waals surface area contributed by atoms with Gasteiger partial charge in [-0.15, -0.1) is 0 Å². The number of fused-ring (bicyclic) bond motifs is 1. The molecule has 0 aromatic heterocycles. The number of hydrogen-bond acceptors (Lipinski definition) is 4. The van der Waals surface area contributed by atoms with Gasteiger partial charge in [-0.1, -0.05) is 24.3 Å². The number of carboxylic acids is 1. The molecular formula is C15H16N2O4. The van der Waals surface area contributed by atoms with Crippen LogP contribution < -0.4 is 11.1 Å². The number of carboxylic acid groups (broad SMARTS) is 1. The number of rotatable bonds is 5. The Labute approximate surface area is 121 Å². The Hall–Kier alpha value is -2.60. The fourth-order valence-corrected chi connectivity index (χ4v) is 2.08. The molecule has 0 heterocycles.